The first-order chi connectivity index (χ1) is 19.4. The molecule has 3 aliphatic carbocycles. The summed E-state index contributed by atoms with van der Waals surface area (Å²) in [4.78, 5) is 0. The maximum absolute atomic E-state index is 12.0. The van der Waals surface area contributed by atoms with E-state index >= 15 is 0 Å². The van der Waals surface area contributed by atoms with Crippen molar-refractivity contribution in [1.82, 2.24) is 0 Å². The van der Waals surface area contributed by atoms with Gasteiger partial charge in [0.2, 0.25) is 0 Å². The number of hydrogen-bond acceptors (Lipinski definition) is 2. The summed E-state index contributed by atoms with van der Waals surface area (Å²) in [5.74, 6) is 4.99. The number of phenols is 2. The molecule has 8 unspecified atom stereocenters. The van der Waals surface area contributed by atoms with E-state index in [1.807, 2.05) is 0 Å². The van der Waals surface area contributed by atoms with Gasteiger partial charge in [0.05, 0.1) is 0 Å². The molecule has 0 amide bonds. The van der Waals surface area contributed by atoms with Crippen molar-refractivity contribution in [3.05, 3.63) is 57.6 Å². The fraction of sp³-hybridized carbons (Fsp3) is 0.700. The second-order valence-corrected chi connectivity index (χ2v) is 17.3. The Kier molecular flexibility index (Phi) is 7.72. The van der Waals surface area contributed by atoms with E-state index < -0.39 is 0 Å². The van der Waals surface area contributed by atoms with Crippen molar-refractivity contribution < 1.29 is 10.2 Å². The summed E-state index contributed by atoms with van der Waals surface area (Å²) in [6, 6.07) is 9.08. The third-order valence-corrected chi connectivity index (χ3v) is 13.4. The van der Waals surface area contributed by atoms with E-state index in [2.05, 4.69) is 107 Å². The number of rotatable bonds is 6. The number of benzene rings is 2. The van der Waals surface area contributed by atoms with Crippen LogP contribution in [0.3, 0.4) is 0 Å². The Balaban J connectivity index is 1.50. The zero-order valence-electron chi connectivity index (χ0n) is 28.9. The zero-order valence-corrected chi connectivity index (χ0v) is 28.9. The SMILES string of the molecule is CCC(C)(c1cc(C)cc(C(C)(C)C)c1O)C1CC2CC1C1CCC(c3cc(C)cc(C(C)(CC)C(C)(C)C)c3O)C21. The Hall–Kier alpha value is -1.96. The Bertz CT molecular complexity index is 1340. The van der Waals surface area contributed by atoms with Crippen molar-refractivity contribution in [3.63, 3.8) is 0 Å². The topological polar surface area (TPSA) is 40.5 Å². The van der Waals surface area contributed by atoms with Gasteiger partial charge in [-0.3, -0.25) is 0 Å². The van der Waals surface area contributed by atoms with E-state index in [0.717, 1.165) is 29.9 Å². The molecule has 0 spiro atoms. The molecule has 3 saturated carbocycles. The van der Waals surface area contributed by atoms with E-state index in [9.17, 15) is 10.2 Å². The van der Waals surface area contributed by atoms with Crippen LogP contribution in [-0.4, -0.2) is 10.2 Å². The van der Waals surface area contributed by atoms with E-state index in [-0.39, 0.29) is 21.7 Å². The van der Waals surface area contributed by atoms with Gasteiger partial charge in [-0.25, -0.2) is 0 Å². The highest BCUT2D eigenvalue weighted by atomic mass is 16.3. The van der Waals surface area contributed by atoms with Crippen molar-refractivity contribution >= 4 is 0 Å². The number of aromatic hydroxyl groups is 2. The number of fused-ring (bicyclic) bond motifs is 5. The fourth-order valence-electron chi connectivity index (χ4n) is 10.3. The molecule has 2 heteroatoms. The van der Waals surface area contributed by atoms with E-state index in [1.54, 1.807) is 0 Å². The third kappa shape index (κ3) is 4.64. The first-order valence-electron chi connectivity index (χ1n) is 17.1. The van der Waals surface area contributed by atoms with Crippen molar-refractivity contribution in [3.8, 4) is 11.5 Å². The molecule has 2 aromatic carbocycles. The van der Waals surface area contributed by atoms with Crippen LogP contribution in [0.15, 0.2) is 24.3 Å². The molecule has 8 atom stereocenters. The lowest BCUT2D eigenvalue weighted by atomic mass is 9.59. The lowest BCUT2D eigenvalue weighted by Crippen LogP contribution is -2.40. The van der Waals surface area contributed by atoms with Crippen LogP contribution in [0.5, 0.6) is 11.5 Å². The molecule has 0 radical (unpaired) electrons. The molecule has 3 aliphatic rings. The average Bonchev–Trinajstić information content (AvgIpc) is 3.62. The maximum Gasteiger partial charge on any atom is 0.123 e. The first-order valence-corrected chi connectivity index (χ1v) is 17.1. The summed E-state index contributed by atoms with van der Waals surface area (Å²) in [5.41, 5.74) is 7.04. The normalized spacial score (nSPS) is 30.3. The van der Waals surface area contributed by atoms with E-state index in [0.29, 0.717) is 41.1 Å². The number of aryl methyl sites for hydroxylation is 2. The number of phenolic OH excluding ortho intramolecular Hbond substituents is 2. The smallest absolute Gasteiger partial charge is 0.123 e. The van der Waals surface area contributed by atoms with E-state index in [4.69, 9.17) is 0 Å². The van der Waals surface area contributed by atoms with Gasteiger partial charge in [-0.2, -0.15) is 0 Å². The van der Waals surface area contributed by atoms with Crippen LogP contribution in [0.1, 0.15) is 147 Å². The maximum atomic E-state index is 12.0. The second-order valence-electron chi connectivity index (χ2n) is 17.3. The summed E-state index contributed by atoms with van der Waals surface area (Å²) in [6.07, 6.45) is 7.09. The second kappa shape index (κ2) is 10.3. The van der Waals surface area contributed by atoms with Crippen LogP contribution in [0.2, 0.25) is 0 Å². The largest absolute Gasteiger partial charge is 0.507 e. The monoisotopic (exact) mass is 572 g/mol. The van der Waals surface area contributed by atoms with E-state index in [1.165, 1.54) is 47.9 Å². The van der Waals surface area contributed by atoms with Gasteiger partial charge in [-0.05, 0) is 115 Å². The first kappa shape index (κ1) is 31.5. The van der Waals surface area contributed by atoms with Gasteiger partial charge in [-0.1, -0.05) is 105 Å². The molecule has 2 nitrogen and oxygen atoms in total. The fourth-order valence-corrected chi connectivity index (χ4v) is 10.3. The summed E-state index contributed by atoms with van der Waals surface area (Å²) in [6.45, 7) is 27.4. The summed E-state index contributed by atoms with van der Waals surface area (Å²) in [7, 11) is 0. The lowest BCUT2D eigenvalue weighted by molar-refractivity contribution is 0.110. The molecule has 0 heterocycles. The minimum atomic E-state index is -0.0898. The predicted molar refractivity (Wildman–Crippen MR) is 178 cm³/mol. The summed E-state index contributed by atoms with van der Waals surface area (Å²) >= 11 is 0. The molecule has 232 valence electrons. The molecular weight excluding hydrogens is 512 g/mol. The van der Waals surface area contributed by atoms with Gasteiger partial charge < -0.3 is 10.2 Å². The van der Waals surface area contributed by atoms with Crippen LogP contribution < -0.4 is 0 Å². The van der Waals surface area contributed by atoms with Crippen LogP contribution in [0.4, 0.5) is 0 Å². The minimum absolute atomic E-state index is 0.0349. The molecule has 0 aliphatic heterocycles. The zero-order chi connectivity index (χ0) is 31.2. The van der Waals surface area contributed by atoms with Crippen LogP contribution in [0, 0.1) is 48.9 Å². The highest BCUT2D eigenvalue weighted by Crippen LogP contribution is 2.69. The highest BCUT2D eigenvalue weighted by molar-refractivity contribution is 5.52. The molecule has 2 bridgehead atoms. The quantitative estimate of drug-likeness (QED) is 0.361. The minimum Gasteiger partial charge on any atom is -0.507 e. The van der Waals surface area contributed by atoms with Gasteiger partial charge in [0.1, 0.15) is 11.5 Å². The van der Waals surface area contributed by atoms with Crippen LogP contribution in [0.25, 0.3) is 0 Å². The molecule has 0 saturated heterocycles. The highest BCUT2D eigenvalue weighted by Gasteiger charge is 2.61. The standard InChI is InChI=1S/C40H60O2/c1-13-39(11,32-19-24(4)18-31(36(32)42)37(5,6)7)30-22-25-21-28(30)26-15-16-27(34(25)26)29-17-23(3)20-33(35(29)41)40(12,14-2)38(8,9)10/h17-20,25-28,30,34,41-42H,13-16,21-22H2,1-12H3. The van der Waals surface area contributed by atoms with Gasteiger partial charge >= 0.3 is 0 Å². The molecule has 5 rings (SSSR count). The van der Waals surface area contributed by atoms with Gasteiger partial charge in [0, 0.05) is 16.5 Å². The van der Waals surface area contributed by atoms with Crippen molar-refractivity contribution in [2.75, 3.05) is 0 Å². The Morgan fingerprint density at radius 1 is 0.690 bits per heavy atom. The predicted octanol–water partition coefficient (Wildman–Crippen LogP) is 10.9. The van der Waals surface area contributed by atoms with Crippen molar-refractivity contribution in [2.24, 2.45) is 35.0 Å². The van der Waals surface area contributed by atoms with Crippen molar-refractivity contribution in [1.29, 1.82) is 0 Å². The molecular formula is C40H60O2. The van der Waals surface area contributed by atoms with Gasteiger partial charge in [-0.15, -0.1) is 0 Å². The molecule has 42 heavy (non-hydrogen) atoms. The third-order valence-electron chi connectivity index (χ3n) is 13.4. The molecule has 3 fully saturated rings. The Labute approximate surface area is 257 Å². The summed E-state index contributed by atoms with van der Waals surface area (Å²) < 4.78 is 0. The van der Waals surface area contributed by atoms with Gasteiger partial charge in [0.25, 0.3) is 0 Å². The molecule has 0 aromatic heterocycles. The average molecular weight is 573 g/mol. The number of hydrogen-bond donors (Lipinski definition) is 2. The Morgan fingerprint density at radius 2 is 1.29 bits per heavy atom. The Morgan fingerprint density at radius 3 is 1.86 bits per heavy atom. The van der Waals surface area contributed by atoms with Crippen LogP contribution >= 0.6 is 0 Å². The molecule has 2 N–H and O–H groups in total. The lowest BCUT2D eigenvalue weighted by Gasteiger charge is -2.45. The molecule has 2 aromatic rings. The van der Waals surface area contributed by atoms with Crippen LogP contribution in [-0.2, 0) is 16.2 Å². The van der Waals surface area contributed by atoms with Gasteiger partial charge in [0.15, 0.2) is 0 Å². The van der Waals surface area contributed by atoms with Crippen molar-refractivity contribution in [2.45, 2.75) is 144 Å². The summed E-state index contributed by atoms with van der Waals surface area (Å²) in [5, 5.41) is 23.7.